The van der Waals surface area contributed by atoms with E-state index in [2.05, 4.69) is 5.32 Å². The largest absolute Gasteiger partial charge is 0.453 e. The van der Waals surface area contributed by atoms with Gasteiger partial charge in [-0.05, 0) is 30.2 Å². The number of esters is 1. The van der Waals surface area contributed by atoms with Gasteiger partial charge in [0.25, 0.3) is 0 Å². The Hall–Kier alpha value is -2.21. The Kier molecular flexibility index (Phi) is 5.38. The molecule has 2 atom stereocenters. The zero-order valence-corrected chi connectivity index (χ0v) is 15.4. The maximum atomic E-state index is 13.1. The Morgan fingerprint density at radius 3 is 2.56 bits per heavy atom. The van der Waals surface area contributed by atoms with E-state index in [9.17, 15) is 18.0 Å². The minimum Gasteiger partial charge on any atom is -0.453 e. The number of carbonyl (C=O) groups excluding carboxylic acids is 1. The number of rotatable bonds is 5. The molecule has 144 valence electrons. The average molecular weight is 398 g/mol. The Labute approximate surface area is 160 Å². The van der Waals surface area contributed by atoms with Crippen molar-refractivity contribution in [2.45, 2.75) is 44.0 Å². The molecule has 1 aliphatic heterocycles. The second-order valence-corrected chi connectivity index (χ2v) is 7.03. The predicted octanol–water partition coefficient (Wildman–Crippen LogP) is 5.78. The molecule has 3 rings (SSSR count). The Morgan fingerprint density at radius 2 is 1.93 bits per heavy atom. The van der Waals surface area contributed by atoms with Crippen molar-refractivity contribution >= 4 is 23.3 Å². The summed E-state index contributed by atoms with van der Waals surface area (Å²) < 4.78 is 44.9. The van der Waals surface area contributed by atoms with E-state index in [1.54, 1.807) is 0 Å². The molecule has 1 aliphatic rings. The summed E-state index contributed by atoms with van der Waals surface area (Å²) in [5.41, 5.74) is -0.654. The molecule has 0 amide bonds. The number of ether oxygens (including phenoxy) is 1. The van der Waals surface area contributed by atoms with Crippen LogP contribution >= 0.6 is 11.6 Å². The van der Waals surface area contributed by atoms with Gasteiger partial charge in [-0.1, -0.05) is 55.3 Å². The maximum Gasteiger partial charge on any atom is 0.417 e. The monoisotopic (exact) mass is 397 g/mol. The summed E-state index contributed by atoms with van der Waals surface area (Å²) >= 11 is 5.65. The number of anilines is 1. The Bertz CT molecular complexity index is 826. The van der Waals surface area contributed by atoms with Crippen LogP contribution in [-0.2, 0) is 21.3 Å². The lowest BCUT2D eigenvalue weighted by Crippen LogP contribution is -2.27. The van der Waals surface area contributed by atoms with E-state index in [-0.39, 0.29) is 10.7 Å². The van der Waals surface area contributed by atoms with Crippen molar-refractivity contribution in [3.8, 4) is 0 Å². The number of cyclic esters (lactones) is 1. The van der Waals surface area contributed by atoms with Gasteiger partial charge in [0.2, 0.25) is 0 Å². The second-order valence-electron chi connectivity index (χ2n) is 6.62. The number of benzene rings is 2. The van der Waals surface area contributed by atoms with Crippen LogP contribution in [0.3, 0.4) is 0 Å². The summed E-state index contributed by atoms with van der Waals surface area (Å²) in [7, 11) is 0. The third kappa shape index (κ3) is 4.05. The fraction of sp³-hybridized carbons (Fsp3) is 0.350. The van der Waals surface area contributed by atoms with Gasteiger partial charge < -0.3 is 10.1 Å². The molecule has 0 saturated carbocycles. The van der Waals surface area contributed by atoms with E-state index in [1.165, 1.54) is 12.1 Å². The lowest BCUT2D eigenvalue weighted by molar-refractivity contribution is -0.150. The molecule has 0 radical (unpaired) electrons. The molecule has 2 aromatic carbocycles. The second kappa shape index (κ2) is 7.43. The Balaban J connectivity index is 1.86. The van der Waals surface area contributed by atoms with Gasteiger partial charge in [-0.2, -0.15) is 13.2 Å². The van der Waals surface area contributed by atoms with Gasteiger partial charge in [-0.3, -0.25) is 0 Å². The van der Waals surface area contributed by atoms with E-state index in [0.717, 1.165) is 18.1 Å². The normalized spacial score (nSPS) is 22.6. The smallest absolute Gasteiger partial charge is 0.417 e. The molecule has 1 fully saturated rings. The van der Waals surface area contributed by atoms with Crippen LogP contribution in [0, 0.1) is 0 Å². The molecule has 0 bridgehead atoms. The van der Waals surface area contributed by atoms with Crippen LogP contribution in [0.25, 0.3) is 0 Å². The first-order chi connectivity index (χ1) is 12.7. The van der Waals surface area contributed by atoms with Crippen molar-refractivity contribution in [1.82, 2.24) is 0 Å². The third-order valence-corrected chi connectivity index (χ3v) is 5.01. The number of halogens is 4. The first kappa shape index (κ1) is 19.5. The molecule has 2 aromatic rings. The minimum absolute atomic E-state index is 0.175. The molecule has 1 heterocycles. The van der Waals surface area contributed by atoms with E-state index in [1.807, 2.05) is 37.3 Å². The van der Waals surface area contributed by atoms with Crippen LogP contribution in [0.1, 0.15) is 37.3 Å². The van der Waals surface area contributed by atoms with Crippen molar-refractivity contribution in [1.29, 1.82) is 0 Å². The molecule has 0 aromatic heterocycles. The number of hydrogen-bond donors (Lipinski definition) is 1. The molecule has 2 unspecified atom stereocenters. The number of hydrogen-bond acceptors (Lipinski definition) is 3. The summed E-state index contributed by atoms with van der Waals surface area (Å²) in [6.07, 6.45) is -2.79. The van der Waals surface area contributed by atoms with Crippen molar-refractivity contribution in [3.05, 3.63) is 64.7 Å². The molecule has 0 spiro atoms. The zero-order valence-electron chi connectivity index (χ0n) is 14.6. The summed E-state index contributed by atoms with van der Waals surface area (Å²) in [4.78, 5) is 12.5. The van der Waals surface area contributed by atoms with Gasteiger partial charge in [-0.15, -0.1) is 0 Å². The Morgan fingerprint density at radius 1 is 1.22 bits per heavy atom. The lowest BCUT2D eigenvalue weighted by Gasteiger charge is -2.28. The van der Waals surface area contributed by atoms with Gasteiger partial charge in [-0.25, -0.2) is 4.79 Å². The highest BCUT2D eigenvalue weighted by Gasteiger charge is 2.47. The molecular formula is C20H19ClF3NO2. The van der Waals surface area contributed by atoms with Crippen LogP contribution in [0.5, 0.6) is 0 Å². The highest BCUT2D eigenvalue weighted by atomic mass is 35.5. The minimum atomic E-state index is -4.57. The quantitative estimate of drug-likeness (QED) is 0.650. The van der Waals surface area contributed by atoms with Gasteiger partial charge in [0.15, 0.2) is 0 Å². The van der Waals surface area contributed by atoms with E-state index < -0.39 is 29.4 Å². The molecule has 1 saturated heterocycles. The summed E-state index contributed by atoms with van der Waals surface area (Å²) in [6.45, 7) is 1.99. The van der Waals surface area contributed by atoms with E-state index >= 15 is 0 Å². The van der Waals surface area contributed by atoms with Gasteiger partial charge in [0.1, 0.15) is 11.6 Å². The number of nitrogens with one attached hydrogen (secondary N) is 1. The average Bonchev–Trinajstić information content (AvgIpc) is 2.93. The first-order valence-corrected chi connectivity index (χ1v) is 9.04. The lowest BCUT2D eigenvalue weighted by atomic mass is 9.85. The van der Waals surface area contributed by atoms with Crippen molar-refractivity contribution in [2.75, 3.05) is 5.32 Å². The summed E-state index contributed by atoms with van der Waals surface area (Å²) in [5.74, 6) is -0.476. The highest BCUT2D eigenvalue weighted by molar-refractivity contribution is 6.31. The standard InChI is InChI=1S/C20H19ClF3NO2/c1-2-10-19(13-6-4-3-5-7-13)12-17(18(26)27-19)25-14-8-9-16(21)15(11-14)20(22,23)24/h3-9,11,17,25H,2,10,12H2,1H3. The van der Waals surface area contributed by atoms with Crippen molar-refractivity contribution in [2.24, 2.45) is 0 Å². The van der Waals surface area contributed by atoms with Crippen LogP contribution in [0.4, 0.5) is 18.9 Å². The fourth-order valence-corrected chi connectivity index (χ4v) is 3.71. The van der Waals surface area contributed by atoms with Gasteiger partial charge >= 0.3 is 12.1 Å². The number of alkyl halides is 3. The molecule has 0 aliphatic carbocycles. The molecule has 1 N–H and O–H groups in total. The molecule has 7 heteroatoms. The predicted molar refractivity (Wildman–Crippen MR) is 97.6 cm³/mol. The number of carbonyl (C=O) groups is 1. The van der Waals surface area contributed by atoms with Gasteiger partial charge in [0, 0.05) is 12.1 Å². The van der Waals surface area contributed by atoms with Gasteiger partial charge in [0.05, 0.1) is 10.6 Å². The van der Waals surface area contributed by atoms with Crippen LogP contribution in [0.15, 0.2) is 48.5 Å². The molecule has 27 heavy (non-hydrogen) atoms. The van der Waals surface area contributed by atoms with E-state index in [4.69, 9.17) is 16.3 Å². The first-order valence-electron chi connectivity index (χ1n) is 8.67. The molecule has 3 nitrogen and oxygen atoms in total. The zero-order chi connectivity index (χ0) is 19.7. The van der Waals surface area contributed by atoms with Crippen LogP contribution < -0.4 is 5.32 Å². The summed E-state index contributed by atoms with van der Waals surface area (Å²) in [5, 5.41) is 2.50. The van der Waals surface area contributed by atoms with Crippen LogP contribution in [0.2, 0.25) is 5.02 Å². The SMILES string of the molecule is CCCC1(c2ccccc2)CC(Nc2ccc(Cl)c(C(F)(F)F)c2)C(=O)O1. The topological polar surface area (TPSA) is 38.3 Å². The molecular weight excluding hydrogens is 379 g/mol. The van der Waals surface area contributed by atoms with Crippen molar-refractivity contribution in [3.63, 3.8) is 0 Å². The third-order valence-electron chi connectivity index (χ3n) is 4.68. The van der Waals surface area contributed by atoms with Crippen molar-refractivity contribution < 1.29 is 22.7 Å². The van der Waals surface area contributed by atoms with Crippen LogP contribution in [-0.4, -0.2) is 12.0 Å². The summed E-state index contributed by atoms with van der Waals surface area (Å²) in [6, 6.07) is 12.2. The maximum absolute atomic E-state index is 13.1. The van der Waals surface area contributed by atoms with E-state index in [0.29, 0.717) is 12.8 Å². The highest BCUT2D eigenvalue weighted by Crippen LogP contribution is 2.42. The fourth-order valence-electron chi connectivity index (χ4n) is 3.48.